The van der Waals surface area contributed by atoms with Crippen LogP contribution in [-0.4, -0.2) is 28.4 Å². The number of carbonyl (C=O) groups is 3. The summed E-state index contributed by atoms with van der Waals surface area (Å²) in [5.74, 6) is -2.15. The molecular formula is C21H16O5. The molecule has 0 amide bonds. The quantitative estimate of drug-likeness (QED) is 0.423. The van der Waals surface area contributed by atoms with Gasteiger partial charge in [0.05, 0.1) is 12.8 Å². The zero-order valence-corrected chi connectivity index (χ0v) is 13.8. The molecule has 5 heteroatoms. The molecule has 4 rings (SSSR count). The van der Waals surface area contributed by atoms with Crippen LogP contribution in [0.2, 0.25) is 0 Å². The SMILES string of the molecule is O=C(O)CCC(=O)O.O=Cc1ccc2ccc3cccc4ccc1c2c34. The molecule has 0 radical (unpaired) electrons. The lowest BCUT2D eigenvalue weighted by Gasteiger charge is -2.11. The average Bonchev–Trinajstić information content (AvgIpc) is 2.65. The third-order valence-electron chi connectivity index (χ3n) is 4.24. The summed E-state index contributed by atoms with van der Waals surface area (Å²) >= 11 is 0. The number of aliphatic carboxylic acids is 2. The van der Waals surface area contributed by atoms with Crippen LogP contribution in [0, 0.1) is 0 Å². The molecule has 0 spiro atoms. The first-order chi connectivity index (χ1) is 12.5. The molecule has 0 atom stereocenters. The molecule has 0 unspecified atom stereocenters. The van der Waals surface area contributed by atoms with Crippen LogP contribution in [0.3, 0.4) is 0 Å². The Morgan fingerprint density at radius 2 is 1.23 bits per heavy atom. The van der Waals surface area contributed by atoms with E-state index < -0.39 is 11.9 Å². The Balaban J connectivity index is 0.000000211. The lowest BCUT2D eigenvalue weighted by atomic mass is 9.92. The molecular weight excluding hydrogens is 332 g/mol. The van der Waals surface area contributed by atoms with Crippen LogP contribution >= 0.6 is 0 Å². The molecule has 0 aliphatic rings. The largest absolute Gasteiger partial charge is 0.481 e. The Kier molecular flexibility index (Phi) is 4.80. The van der Waals surface area contributed by atoms with Gasteiger partial charge in [-0.15, -0.1) is 0 Å². The topological polar surface area (TPSA) is 91.7 Å². The van der Waals surface area contributed by atoms with Gasteiger partial charge in [0.2, 0.25) is 0 Å². The molecule has 2 N–H and O–H groups in total. The number of carboxylic acids is 2. The first-order valence-corrected chi connectivity index (χ1v) is 8.06. The van der Waals surface area contributed by atoms with Crippen LogP contribution in [0.25, 0.3) is 32.3 Å². The summed E-state index contributed by atoms with van der Waals surface area (Å²) in [6, 6.07) is 18.6. The van der Waals surface area contributed by atoms with Crippen LogP contribution in [0.4, 0.5) is 0 Å². The molecule has 130 valence electrons. The molecule has 0 heterocycles. The fourth-order valence-electron chi connectivity index (χ4n) is 3.07. The average molecular weight is 348 g/mol. The van der Waals surface area contributed by atoms with Gasteiger partial charge >= 0.3 is 11.9 Å². The van der Waals surface area contributed by atoms with Crippen molar-refractivity contribution in [3.05, 3.63) is 60.2 Å². The molecule has 4 aromatic carbocycles. The Labute approximate surface area is 148 Å². The number of hydrogen-bond acceptors (Lipinski definition) is 3. The number of carbonyl (C=O) groups excluding carboxylic acids is 1. The molecule has 5 nitrogen and oxygen atoms in total. The summed E-state index contributed by atoms with van der Waals surface area (Å²) in [5, 5.41) is 23.0. The van der Waals surface area contributed by atoms with Crippen molar-refractivity contribution in [3.8, 4) is 0 Å². The minimum Gasteiger partial charge on any atom is -0.481 e. The van der Waals surface area contributed by atoms with Crippen molar-refractivity contribution in [2.24, 2.45) is 0 Å². The van der Waals surface area contributed by atoms with Crippen molar-refractivity contribution < 1.29 is 24.6 Å². The molecule has 26 heavy (non-hydrogen) atoms. The standard InChI is InChI=1S/C17H10O.C4H6O4/c18-10-14-7-6-13-5-4-11-2-1-3-12-8-9-15(14)17(13)16(11)12;5-3(6)1-2-4(7)8/h1-10H;1-2H2,(H,5,6)(H,7,8). The highest BCUT2D eigenvalue weighted by molar-refractivity contribution is 6.25. The van der Waals surface area contributed by atoms with Gasteiger partial charge in [0.15, 0.2) is 6.29 Å². The third-order valence-corrected chi connectivity index (χ3v) is 4.24. The normalized spacial score (nSPS) is 10.6. The second-order valence-corrected chi connectivity index (χ2v) is 5.92. The molecule has 0 aliphatic heterocycles. The number of carboxylic acid groups (broad SMARTS) is 2. The van der Waals surface area contributed by atoms with Crippen molar-refractivity contribution in [1.29, 1.82) is 0 Å². The molecule has 0 bridgehead atoms. The third kappa shape index (κ3) is 3.32. The highest BCUT2D eigenvalue weighted by Gasteiger charge is 2.09. The van der Waals surface area contributed by atoms with Crippen LogP contribution in [0.1, 0.15) is 23.2 Å². The van der Waals surface area contributed by atoms with Gasteiger partial charge in [-0.2, -0.15) is 0 Å². The summed E-state index contributed by atoms with van der Waals surface area (Å²) < 4.78 is 0. The fraction of sp³-hybridized carbons (Fsp3) is 0.0952. The Morgan fingerprint density at radius 3 is 1.77 bits per heavy atom. The van der Waals surface area contributed by atoms with Crippen molar-refractivity contribution in [2.75, 3.05) is 0 Å². The van der Waals surface area contributed by atoms with E-state index in [1.807, 2.05) is 18.2 Å². The van der Waals surface area contributed by atoms with E-state index in [9.17, 15) is 14.4 Å². The lowest BCUT2D eigenvalue weighted by Crippen LogP contribution is -2.00. The minimum atomic E-state index is -1.08. The van der Waals surface area contributed by atoms with E-state index in [1.165, 1.54) is 26.9 Å². The van der Waals surface area contributed by atoms with E-state index in [2.05, 4.69) is 36.4 Å². The van der Waals surface area contributed by atoms with Crippen LogP contribution in [-0.2, 0) is 9.59 Å². The molecule has 0 fully saturated rings. The Hall–Kier alpha value is -3.47. The fourth-order valence-corrected chi connectivity index (χ4v) is 3.07. The number of rotatable bonds is 4. The van der Waals surface area contributed by atoms with Gasteiger partial charge in [-0.25, -0.2) is 0 Å². The van der Waals surface area contributed by atoms with Gasteiger partial charge in [0.1, 0.15) is 0 Å². The maximum absolute atomic E-state index is 11.2. The predicted octanol–water partition coefficient (Wildman–Crippen LogP) is 4.33. The first-order valence-electron chi connectivity index (χ1n) is 8.06. The maximum Gasteiger partial charge on any atom is 0.303 e. The molecule has 0 aromatic heterocycles. The van der Waals surface area contributed by atoms with E-state index in [4.69, 9.17) is 10.2 Å². The maximum atomic E-state index is 11.2. The molecule has 0 saturated heterocycles. The summed E-state index contributed by atoms with van der Waals surface area (Å²) in [6.45, 7) is 0. The van der Waals surface area contributed by atoms with Crippen LogP contribution in [0.5, 0.6) is 0 Å². The van der Waals surface area contributed by atoms with Gasteiger partial charge in [-0.1, -0.05) is 54.6 Å². The minimum absolute atomic E-state index is 0.296. The Bertz CT molecular complexity index is 1080. The zero-order valence-electron chi connectivity index (χ0n) is 13.8. The second-order valence-electron chi connectivity index (χ2n) is 5.92. The molecule has 0 aliphatic carbocycles. The zero-order chi connectivity index (χ0) is 18.7. The van der Waals surface area contributed by atoms with Crippen molar-refractivity contribution in [3.63, 3.8) is 0 Å². The van der Waals surface area contributed by atoms with E-state index >= 15 is 0 Å². The predicted molar refractivity (Wildman–Crippen MR) is 100 cm³/mol. The van der Waals surface area contributed by atoms with Gasteiger partial charge < -0.3 is 10.2 Å². The number of hydrogen-bond donors (Lipinski definition) is 2. The first kappa shape index (κ1) is 17.4. The molecule has 4 aromatic rings. The number of benzene rings is 4. The van der Waals surface area contributed by atoms with Crippen LogP contribution in [0.15, 0.2) is 54.6 Å². The lowest BCUT2D eigenvalue weighted by molar-refractivity contribution is -0.143. The van der Waals surface area contributed by atoms with Crippen LogP contribution < -0.4 is 0 Å². The van der Waals surface area contributed by atoms with Crippen molar-refractivity contribution >= 4 is 50.5 Å². The highest BCUT2D eigenvalue weighted by atomic mass is 16.4. The van der Waals surface area contributed by atoms with E-state index in [0.29, 0.717) is 0 Å². The van der Waals surface area contributed by atoms with Gasteiger partial charge in [-0.05, 0) is 32.3 Å². The second kappa shape index (κ2) is 7.19. The van der Waals surface area contributed by atoms with Crippen molar-refractivity contribution in [2.45, 2.75) is 12.8 Å². The summed E-state index contributed by atoms with van der Waals surface area (Å²) in [7, 11) is 0. The monoisotopic (exact) mass is 348 g/mol. The van der Waals surface area contributed by atoms with Gasteiger partial charge in [0, 0.05) is 5.56 Å². The summed E-state index contributed by atoms with van der Waals surface area (Å²) in [6.07, 6.45) is 0.344. The van der Waals surface area contributed by atoms with E-state index in [1.54, 1.807) is 0 Å². The van der Waals surface area contributed by atoms with Gasteiger partial charge in [0.25, 0.3) is 0 Å². The molecule has 0 saturated carbocycles. The van der Waals surface area contributed by atoms with Crippen molar-refractivity contribution in [1.82, 2.24) is 0 Å². The smallest absolute Gasteiger partial charge is 0.303 e. The highest BCUT2D eigenvalue weighted by Crippen LogP contribution is 2.35. The van der Waals surface area contributed by atoms with Gasteiger partial charge in [-0.3, -0.25) is 14.4 Å². The number of aldehydes is 1. The van der Waals surface area contributed by atoms with E-state index in [-0.39, 0.29) is 12.8 Å². The summed E-state index contributed by atoms with van der Waals surface area (Å²) in [5.41, 5.74) is 0.765. The Morgan fingerprint density at radius 1 is 0.731 bits per heavy atom. The van der Waals surface area contributed by atoms with E-state index in [0.717, 1.165) is 17.2 Å². The summed E-state index contributed by atoms with van der Waals surface area (Å²) in [4.78, 5) is 30.4.